The first-order valence-electron chi connectivity index (χ1n) is 11.9. The predicted octanol–water partition coefficient (Wildman–Crippen LogP) is 1.69. The quantitative estimate of drug-likeness (QED) is 0.451. The van der Waals surface area contributed by atoms with E-state index in [1.54, 1.807) is 13.8 Å². The second-order valence-corrected chi connectivity index (χ2v) is 15.3. The molecule has 12 nitrogen and oxygen atoms in total. The number of aryl methyl sites for hydroxylation is 1. The van der Waals surface area contributed by atoms with Crippen LogP contribution in [0.15, 0.2) is 26.8 Å². The molecular formula is C23H33N5O7S3. The van der Waals surface area contributed by atoms with Gasteiger partial charge in [0.25, 0.3) is 0 Å². The van der Waals surface area contributed by atoms with E-state index < -0.39 is 50.2 Å². The van der Waals surface area contributed by atoms with Crippen molar-refractivity contribution in [2.45, 2.75) is 67.3 Å². The molecule has 1 unspecified atom stereocenters. The lowest BCUT2D eigenvalue weighted by Crippen LogP contribution is -2.40. The van der Waals surface area contributed by atoms with Gasteiger partial charge in [-0.2, -0.15) is 4.98 Å². The third-order valence-electron chi connectivity index (χ3n) is 6.52. The second kappa shape index (κ2) is 10.2. The van der Waals surface area contributed by atoms with Gasteiger partial charge in [0.05, 0.1) is 26.1 Å². The largest absolute Gasteiger partial charge is 0.316 e. The Hall–Kier alpha value is -2.62. The van der Waals surface area contributed by atoms with Gasteiger partial charge in [-0.15, -0.1) is 0 Å². The summed E-state index contributed by atoms with van der Waals surface area (Å²) in [6.45, 7) is 7.16. The number of anilines is 3. The molecule has 0 bridgehead atoms. The number of sulfone groups is 3. The number of carbonyl (C=O) groups is 1. The van der Waals surface area contributed by atoms with Crippen molar-refractivity contribution in [2.75, 3.05) is 35.1 Å². The molecule has 0 aliphatic carbocycles. The molecule has 1 amide bonds. The maximum Gasteiger partial charge on any atom is 0.250 e. The van der Waals surface area contributed by atoms with Crippen LogP contribution in [-0.4, -0.2) is 72.5 Å². The van der Waals surface area contributed by atoms with E-state index in [2.05, 4.69) is 9.97 Å². The Morgan fingerprint density at radius 3 is 1.82 bits per heavy atom. The normalized spacial score (nSPS) is 16.3. The van der Waals surface area contributed by atoms with E-state index in [4.69, 9.17) is 5.73 Å². The van der Waals surface area contributed by atoms with Crippen molar-refractivity contribution in [1.82, 2.24) is 9.97 Å². The smallest absolute Gasteiger partial charge is 0.250 e. The lowest BCUT2D eigenvalue weighted by atomic mass is 10.1. The molecule has 0 radical (unpaired) electrons. The van der Waals surface area contributed by atoms with Gasteiger partial charge in [-0.1, -0.05) is 13.8 Å². The Labute approximate surface area is 224 Å². The highest BCUT2D eigenvalue weighted by atomic mass is 32.2. The Kier molecular flexibility index (Phi) is 8.01. The molecule has 0 fully saturated rings. The first kappa shape index (κ1) is 29.9. The number of benzene rings is 1. The standard InChI is InChI=1S/C23H33N5O7S3/c1-8-14(9-2)28-21-18(19(24)22(28)29)13(4)25-23(26-21)27(10-3)20-16(37(6,32)33)11-15(36(5,30)31)12-17(20)38(7,34)35/h11-12,14,19H,8-10,24H2,1-7H3. The van der Waals surface area contributed by atoms with E-state index >= 15 is 0 Å². The highest BCUT2D eigenvalue weighted by Crippen LogP contribution is 2.42. The molecule has 1 aromatic heterocycles. The summed E-state index contributed by atoms with van der Waals surface area (Å²) in [4.78, 5) is 23.5. The van der Waals surface area contributed by atoms with Crippen molar-refractivity contribution in [3.8, 4) is 0 Å². The topological polar surface area (TPSA) is 178 Å². The van der Waals surface area contributed by atoms with Gasteiger partial charge in [-0.3, -0.25) is 9.69 Å². The minimum Gasteiger partial charge on any atom is -0.316 e. The molecule has 3 rings (SSSR count). The highest BCUT2D eigenvalue weighted by molar-refractivity contribution is 7.92. The third kappa shape index (κ3) is 5.28. The monoisotopic (exact) mass is 587 g/mol. The summed E-state index contributed by atoms with van der Waals surface area (Å²) < 4.78 is 76.2. The number of rotatable bonds is 9. The molecule has 210 valence electrons. The third-order valence-corrected chi connectivity index (χ3v) is 9.84. The van der Waals surface area contributed by atoms with Crippen molar-refractivity contribution < 1.29 is 30.0 Å². The van der Waals surface area contributed by atoms with Crippen molar-refractivity contribution in [2.24, 2.45) is 5.73 Å². The maximum absolute atomic E-state index is 13.1. The van der Waals surface area contributed by atoms with Gasteiger partial charge < -0.3 is 10.6 Å². The summed E-state index contributed by atoms with van der Waals surface area (Å²) >= 11 is 0. The number of hydrogen-bond donors (Lipinski definition) is 1. The Balaban J connectivity index is 2.44. The molecule has 2 N–H and O–H groups in total. The van der Waals surface area contributed by atoms with Gasteiger partial charge in [0.2, 0.25) is 11.9 Å². The van der Waals surface area contributed by atoms with Crippen molar-refractivity contribution in [3.63, 3.8) is 0 Å². The summed E-state index contributed by atoms with van der Waals surface area (Å²) in [7, 11) is -12.3. The highest BCUT2D eigenvalue weighted by Gasteiger charge is 2.42. The van der Waals surface area contributed by atoms with E-state index in [9.17, 15) is 30.0 Å². The Morgan fingerprint density at radius 2 is 1.42 bits per heavy atom. The van der Waals surface area contributed by atoms with Crippen LogP contribution in [0.2, 0.25) is 0 Å². The first-order chi connectivity index (χ1) is 17.4. The van der Waals surface area contributed by atoms with Gasteiger partial charge in [0.1, 0.15) is 11.9 Å². The average molecular weight is 588 g/mol. The van der Waals surface area contributed by atoms with E-state index in [0.717, 1.165) is 30.9 Å². The van der Waals surface area contributed by atoms with E-state index in [0.29, 0.717) is 24.1 Å². The number of aromatic nitrogens is 2. The van der Waals surface area contributed by atoms with Crippen LogP contribution in [0.4, 0.5) is 17.5 Å². The second-order valence-electron chi connectivity index (χ2n) is 9.33. The molecule has 2 heterocycles. The van der Waals surface area contributed by atoms with Crippen LogP contribution in [0.25, 0.3) is 0 Å². The summed E-state index contributed by atoms with van der Waals surface area (Å²) in [6.07, 6.45) is 3.84. The molecule has 0 saturated heterocycles. The van der Waals surface area contributed by atoms with Gasteiger partial charge >= 0.3 is 0 Å². The van der Waals surface area contributed by atoms with Crippen LogP contribution in [0.3, 0.4) is 0 Å². The number of nitrogens with two attached hydrogens (primary N) is 1. The average Bonchev–Trinajstić information content (AvgIpc) is 3.04. The lowest BCUT2D eigenvalue weighted by Gasteiger charge is -2.29. The number of carbonyl (C=O) groups excluding carboxylic acids is 1. The molecule has 0 saturated carbocycles. The summed E-state index contributed by atoms with van der Waals surface area (Å²) in [5, 5.41) is 0. The molecule has 2 aromatic rings. The Morgan fingerprint density at radius 1 is 0.921 bits per heavy atom. The van der Waals surface area contributed by atoms with E-state index in [1.807, 2.05) is 13.8 Å². The van der Waals surface area contributed by atoms with Crippen LogP contribution in [-0.2, 0) is 34.3 Å². The molecule has 38 heavy (non-hydrogen) atoms. The fourth-order valence-electron chi connectivity index (χ4n) is 4.61. The molecule has 1 aliphatic heterocycles. The number of hydrogen-bond acceptors (Lipinski definition) is 11. The molecular weight excluding hydrogens is 554 g/mol. The van der Waals surface area contributed by atoms with Crippen LogP contribution >= 0.6 is 0 Å². The predicted molar refractivity (Wildman–Crippen MR) is 144 cm³/mol. The molecule has 1 atom stereocenters. The number of nitrogens with zero attached hydrogens (tertiary/aromatic N) is 4. The molecule has 1 aromatic carbocycles. The van der Waals surface area contributed by atoms with Crippen LogP contribution in [0, 0.1) is 6.92 Å². The van der Waals surface area contributed by atoms with Crippen LogP contribution in [0.5, 0.6) is 0 Å². The first-order valence-corrected chi connectivity index (χ1v) is 17.6. The van der Waals surface area contributed by atoms with Crippen molar-refractivity contribution >= 4 is 52.9 Å². The number of fused-ring (bicyclic) bond motifs is 1. The molecule has 0 spiro atoms. The Bertz CT molecular complexity index is 1560. The zero-order valence-corrected chi connectivity index (χ0v) is 24.8. The fraction of sp³-hybridized carbons (Fsp3) is 0.522. The summed E-state index contributed by atoms with van der Waals surface area (Å²) in [6, 6.07) is 0.710. The van der Waals surface area contributed by atoms with Gasteiger partial charge in [-0.25, -0.2) is 30.2 Å². The summed E-state index contributed by atoms with van der Waals surface area (Å²) in [5.74, 6) is -0.104. The minimum atomic E-state index is -4.14. The molecule has 15 heteroatoms. The van der Waals surface area contributed by atoms with E-state index in [1.165, 1.54) is 9.80 Å². The molecule has 1 aliphatic rings. The van der Waals surface area contributed by atoms with Crippen molar-refractivity contribution in [3.05, 3.63) is 23.4 Å². The van der Waals surface area contributed by atoms with E-state index in [-0.39, 0.29) is 35.9 Å². The van der Waals surface area contributed by atoms with Gasteiger partial charge in [-0.05, 0) is 38.8 Å². The van der Waals surface area contributed by atoms with Crippen LogP contribution < -0.4 is 15.5 Å². The number of amides is 1. The van der Waals surface area contributed by atoms with Gasteiger partial charge in [0.15, 0.2) is 29.5 Å². The summed E-state index contributed by atoms with van der Waals surface area (Å²) in [5.41, 5.74) is 6.77. The zero-order chi connectivity index (χ0) is 29.0. The van der Waals surface area contributed by atoms with Gasteiger partial charge in [0, 0.05) is 36.9 Å². The minimum absolute atomic E-state index is 0.0203. The van der Waals surface area contributed by atoms with Crippen LogP contribution in [0.1, 0.15) is 50.9 Å². The maximum atomic E-state index is 13.1. The lowest BCUT2D eigenvalue weighted by molar-refractivity contribution is -0.119. The fourth-order valence-corrected chi connectivity index (χ4v) is 7.31. The van der Waals surface area contributed by atoms with Crippen molar-refractivity contribution in [1.29, 1.82) is 0 Å². The SMILES string of the molecule is CCC(CC)N1C(=O)C(N)c2c(C)nc(N(CC)c3c(S(C)(=O)=O)cc(S(C)(=O)=O)cc3S(C)(=O)=O)nc21. The zero-order valence-electron chi connectivity index (χ0n) is 22.4.